The molecule has 0 atom stereocenters. The summed E-state index contributed by atoms with van der Waals surface area (Å²) in [7, 11) is 0. The van der Waals surface area contributed by atoms with Crippen molar-refractivity contribution in [2.45, 2.75) is 6.54 Å². The summed E-state index contributed by atoms with van der Waals surface area (Å²) in [6.07, 6.45) is 2.80. The molecule has 0 aliphatic carbocycles. The molecule has 0 aliphatic heterocycles. The smallest absolute Gasteiger partial charge is 0.264 e. The normalized spacial score (nSPS) is 11.1. The van der Waals surface area contributed by atoms with Crippen molar-refractivity contribution in [1.29, 1.82) is 0 Å². The number of H-pyrrole nitrogens is 2. The predicted octanol–water partition coefficient (Wildman–Crippen LogP) is 1.35. The van der Waals surface area contributed by atoms with Crippen LogP contribution in [0.3, 0.4) is 0 Å². The molecule has 2 heterocycles. The average Bonchev–Trinajstić information content (AvgIpc) is 2.74. The molecule has 0 saturated heterocycles. The highest BCUT2D eigenvalue weighted by atomic mass is 32.1. The zero-order chi connectivity index (χ0) is 12.3. The van der Waals surface area contributed by atoms with Crippen molar-refractivity contribution in [3.8, 4) is 5.88 Å². The van der Waals surface area contributed by atoms with E-state index in [0.717, 1.165) is 0 Å². The Labute approximate surface area is 101 Å². The van der Waals surface area contributed by atoms with E-state index in [9.17, 15) is 9.90 Å². The lowest BCUT2D eigenvalue weighted by Gasteiger charge is -1.96. The van der Waals surface area contributed by atoms with E-state index in [1.54, 1.807) is 12.1 Å². The van der Waals surface area contributed by atoms with E-state index in [1.807, 2.05) is 0 Å². The Morgan fingerprint density at radius 3 is 3.00 bits per heavy atom. The lowest BCUT2D eigenvalue weighted by atomic mass is 10.3. The lowest BCUT2D eigenvalue weighted by Crippen LogP contribution is -2.13. The van der Waals surface area contributed by atoms with Gasteiger partial charge < -0.3 is 14.5 Å². The second-order valence-corrected chi connectivity index (χ2v) is 3.63. The van der Waals surface area contributed by atoms with Gasteiger partial charge in [0.2, 0.25) is 5.88 Å². The molecule has 0 bridgehead atoms. The van der Waals surface area contributed by atoms with Gasteiger partial charge in [0, 0.05) is 6.21 Å². The lowest BCUT2D eigenvalue weighted by molar-refractivity contribution is 0.449. The van der Waals surface area contributed by atoms with Gasteiger partial charge in [-0.1, -0.05) is 0 Å². The highest BCUT2D eigenvalue weighted by Crippen LogP contribution is 2.05. The van der Waals surface area contributed by atoms with Crippen LogP contribution in [-0.2, 0) is 6.54 Å². The van der Waals surface area contributed by atoms with E-state index < -0.39 is 5.56 Å². The number of aromatic hydroxyl groups is 1. The van der Waals surface area contributed by atoms with Crippen LogP contribution in [-0.4, -0.2) is 21.3 Å². The minimum Gasteiger partial charge on any atom is -0.494 e. The minimum absolute atomic E-state index is 0.0326. The summed E-state index contributed by atoms with van der Waals surface area (Å²) in [5.41, 5.74) is -0.459. The molecule has 0 aliphatic rings. The quantitative estimate of drug-likeness (QED) is 0.567. The number of nitrogens with zero attached hydrogens (tertiary/aromatic N) is 1. The van der Waals surface area contributed by atoms with Crippen LogP contribution in [0.1, 0.15) is 11.3 Å². The third-order valence-corrected chi connectivity index (χ3v) is 2.21. The second-order valence-electron chi connectivity index (χ2n) is 3.22. The van der Waals surface area contributed by atoms with Gasteiger partial charge in [-0.25, -0.2) is 0 Å². The first-order valence-corrected chi connectivity index (χ1v) is 5.15. The Hall–Kier alpha value is -2.15. The maximum atomic E-state index is 11.4. The Morgan fingerprint density at radius 1 is 1.53 bits per heavy atom. The molecule has 6 nitrogen and oxygen atoms in total. The zero-order valence-electron chi connectivity index (χ0n) is 8.64. The van der Waals surface area contributed by atoms with Crippen LogP contribution in [0.5, 0.6) is 5.88 Å². The number of hydrogen-bond donors (Lipinski definition) is 3. The molecule has 0 amide bonds. The first-order chi connectivity index (χ1) is 8.16. The number of nitrogens with one attached hydrogen (secondary N) is 2. The molecule has 3 N–H and O–H groups in total. The molecule has 2 aromatic heterocycles. The molecule has 17 heavy (non-hydrogen) atoms. The van der Waals surface area contributed by atoms with E-state index in [4.69, 9.17) is 16.6 Å². The number of hydrogen-bond acceptors (Lipinski definition) is 5. The molecule has 0 spiro atoms. The van der Waals surface area contributed by atoms with Gasteiger partial charge in [0.25, 0.3) is 5.56 Å². The first kappa shape index (κ1) is 11.3. The highest BCUT2D eigenvalue weighted by Gasteiger charge is 2.03. The van der Waals surface area contributed by atoms with Crippen molar-refractivity contribution in [2.24, 2.45) is 4.99 Å². The molecule has 2 aromatic rings. The Bertz CT molecular complexity index is 640. The maximum Gasteiger partial charge on any atom is 0.264 e. The Kier molecular flexibility index (Phi) is 3.20. The number of aromatic nitrogens is 2. The van der Waals surface area contributed by atoms with Crippen LogP contribution in [0.15, 0.2) is 32.6 Å². The fourth-order valence-electron chi connectivity index (χ4n) is 1.23. The van der Waals surface area contributed by atoms with Crippen LogP contribution >= 0.6 is 12.2 Å². The monoisotopic (exact) mass is 251 g/mol. The molecule has 0 fully saturated rings. The van der Waals surface area contributed by atoms with Crippen molar-refractivity contribution >= 4 is 18.4 Å². The van der Waals surface area contributed by atoms with Crippen molar-refractivity contribution in [1.82, 2.24) is 9.97 Å². The number of furan rings is 1. The molecule has 88 valence electrons. The third kappa shape index (κ3) is 2.70. The van der Waals surface area contributed by atoms with E-state index in [0.29, 0.717) is 12.3 Å². The summed E-state index contributed by atoms with van der Waals surface area (Å²) in [4.78, 5) is 20.2. The Morgan fingerprint density at radius 2 is 2.35 bits per heavy atom. The molecule has 7 heteroatoms. The minimum atomic E-state index is -0.491. The highest BCUT2D eigenvalue weighted by molar-refractivity contribution is 7.71. The van der Waals surface area contributed by atoms with Gasteiger partial charge in [-0.15, -0.1) is 0 Å². The number of aromatic amines is 2. The molecule has 0 unspecified atom stereocenters. The first-order valence-electron chi connectivity index (χ1n) is 4.74. The van der Waals surface area contributed by atoms with Crippen LogP contribution in [0, 0.1) is 4.77 Å². The van der Waals surface area contributed by atoms with Crippen molar-refractivity contribution in [3.05, 3.63) is 44.8 Å². The summed E-state index contributed by atoms with van der Waals surface area (Å²) >= 11 is 4.69. The van der Waals surface area contributed by atoms with Crippen molar-refractivity contribution in [3.63, 3.8) is 0 Å². The van der Waals surface area contributed by atoms with Crippen LogP contribution in [0.4, 0.5) is 0 Å². The van der Waals surface area contributed by atoms with Gasteiger partial charge >= 0.3 is 0 Å². The van der Waals surface area contributed by atoms with Gasteiger partial charge in [-0.3, -0.25) is 14.8 Å². The van der Waals surface area contributed by atoms with E-state index in [2.05, 4.69) is 15.0 Å². The predicted molar refractivity (Wildman–Crippen MR) is 63.9 cm³/mol. The summed E-state index contributed by atoms with van der Waals surface area (Å²) < 4.78 is 5.13. The molecule has 0 radical (unpaired) electrons. The maximum absolute atomic E-state index is 11.4. The van der Waals surface area contributed by atoms with E-state index in [-0.39, 0.29) is 16.2 Å². The van der Waals surface area contributed by atoms with Crippen molar-refractivity contribution < 1.29 is 9.52 Å². The zero-order valence-corrected chi connectivity index (χ0v) is 9.45. The largest absolute Gasteiger partial charge is 0.494 e. The SMILES string of the molecule is O=c1[nH]c(=S)[nH]c(O)c1C=NCc1ccco1. The van der Waals surface area contributed by atoms with Gasteiger partial charge in [-0.2, -0.15) is 0 Å². The standard InChI is InChI=1S/C10H9N3O3S/c14-8-7(9(15)13-10(17)12-8)5-11-4-6-2-1-3-16-6/h1-3,5H,4H2,(H3,12,13,14,15,17). The topological polar surface area (TPSA) is 94.4 Å². The van der Waals surface area contributed by atoms with Gasteiger partial charge in [0.15, 0.2) is 4.77 Å². The van der Waals surface area contributed by atoms with Gasteiger partial charge in [0.05, 0.1) is 12.8 Å². The van der Waals surface area contributed by atoms with Crippen molar-refractivity contribution in [2.75, 3.05) is 0 Å². The average molecular weight is 251 g/mol. The molecular formula is C10H9N3O3S. The number of rotatable bonds is 3. The molecule has 0 aromatic carbocycles. The second kappa shape index (κ2) is 4.79. The third-order valence-electron chi connectivity index (χ3n) is 2.01. The Balaban J connectivity index is 2.22. The molecule has 2 rings (SSSR count). The summed E-state index contributed by atoms with van der Waals surface area (Å²) in [6.45, 7) is 0.293. The fourth-order valence-corrected chi connectivity index (χ4v) is 1.42. The fraction of sp³-hybridized carbons (Fsp3) is 0.100. The summed E-state index contributed by atoms with van der Waals surface area (Å²) in [6, 6.07) is 3.51. The van der Waals surface area contributed by atoms with E-state index in [1.165, 1.54) is 12.5 Å². The van der Waals surface area contributed by atoms with Crippen LogP contribution in [0.25, 0.3) is 0 Å². The molecule has 0 saturated carbocycles. The summed E-state index contributed by atoms with van der Waals surface area (Å²) in [5, 5.41) is 9.47. The number of aliphatic imine (C=N–C) groups is 1. The van der Waals surface area contributed by atoms with Gasteiger partial charge in [-0.05, 0) is 24.4 Å². The molecular weight excluding hydrogens is 242 g/mol. The van der Waals surface area contributed by atoms with E-state index >= 15 is 0 Å². The summed E-state index contributed by atoms with van der Waals surface area (Å²) in [5.74, 6) is 0.364. The van der Waals surface area contributed by atoms with Gasteiger partial charge in [0.1, 0.15) is 11.3 Å². The van der Waals surface area contributed by atoms with Crippen LogP contribution < -0.4 is 5.56 Å². The van der Waals surface area contributed by atoms with Crippen LogP contribution in [0.2, 0.25) is 0 Å².